The molecule has 2 N–H and O–H groups in total. The number of carboxylic acids is 1. The van der Waals surface area contributed by atoms with Gasteiger partial charge >= 0.3 is 18.3 Å². The monoisotopic (exact) mass is 540 g/mol. The molecule has 0 spiro atoms. The maximum absolute atomic E-state index is 13.2. The number of nitrogens with zero attached hydrogens (tertiary/aromatic N) is 1. The van der Waals surface area contributed by atoms with Crippen molar-refractivity contribution in [3.8, 4) is 11.3 Å². The number of carboxylic acid groups (broad SMARTS) is 1. The van der Waals surface area contributed by atoms with Crippen LogP contribution in [0.3, 0.4) is 0 Å². The zero-order valence-electron chi connectivity index (χ0n) is 18.2. The zero-order valence-corrected chi connectivity index (χ0v) is 19.0. The highest BCUT2D eigenvalue weighted by Crippen LogP contribution is 2.38. The number of alkyl halides is 6. The van der Waals surface area contributed by atoms with Crippen LogP contribution in [0.15, 0.2) is 77.7 Å². The molecule has 0 radical (unpaired) electrons. The van der Waals surface area contributed by atoms with Crippen molar-refractivity contribution in [3.63, 3.8) is 0 Å². The lowest BCUT2D eigenvalue weighted by molar-refractivity contribution is -0.143. The molecular weight excluding hydrogens is 526 g/mol. The van der Waals surface area contributed by atoms with Gasteiger partial charge in [0.2, 0.25) is 0 Å². The second kappa shape index (κ2) is 9.07. The number of nitrogens with one attached hydrogen (secondary N) is 1. The lowest BCUT2D eigenvalue weighted by atomic mass is 10.0. The second-order valence-corrected chi connectivity index (χ2v) is 9.46. The van der Waals surface area contributed by atoms with Crippen LogP contribution in [0.2, 0.25) is 0 Å². The molecule has 0 amide bonds. The smallest absolute Gasteiger partial charge is 0.416 e. The number of anilines is 1. The van der Waals surface area contributed by atoms with E-state index in [2.05, 4.69) is 9.71 Å². The highest BCUT2D eigenvalue weighted by molar-refractivity contribution is 7.92. The van der Waals surface area contributed by atoms with Gasteiger partial charge in [-0.3, -0.25) is 4.72 Å². The highest BCUT2D eigenvalue weighted by Gasteiger charge is 2.37. The third-order valence-electron chi connectivity index (χ3n) is 5.23. The van der Waals surface area contributed by atoms with Crippen molar-refractivity contribution in [1.29, 1.82) is 0 Å². The van der Waals surface area contributed by atoms with Crippen molar-refractivity contribution < 1.29 is 44.7 Å². The molecule has 37 heavy (non-hydrogen) atoms. The predicted molar refractivity (Wildman–Crippen MR) is 121 cm³/mol. The fourth-order valence-electron chi connectivity index (χ4n) is 3.54. The summed E-state index contributed by atoms with van der Waals surface area (Å²) in [6.45, 7) is 0. The summed E-state index contributed by atoms with van der Waals surface area (Å²) in [5.41, 5.74) is -3.78. The quantitative estimate of drug-likeness (QED) is 0.284. The summed E-state index contributed by atoms with van der Waals surface area (Å²) in [4.78, 5) is 15.0. The molecule has 0 aliphatic rings. The SMILES string of the molecule is O=C(O)c1ccccc1S(=O)(=O)Nc1ccc2nc(-c3cc(C(F)(F)F)cc(C(F)(F)F)c3)ccc2c1. The summed E-state index contributed by atoms with van der Waals surface area (Å²) in [5.74, 6) is -1.44. The summed E-state index contributed by atoms with van der Waals surface area (Å²) >= 11 is 0. The first-order valence-electron chi connectivity index (χ1n) is 10.2. The first kappa shape index (κ1) is 25.9. The molecule has 0 saturated heterocycles. The third kappa shape index (κ3) is 5.50. The Morgan fingerprint density at radius 3 is 2.03 bits per heavy atom. The second-order valence-electron chi connectivity index (χ2n) is 7.81. The van der Waals surface area contributed by atoms with Gasteiger partial charge in [-0.2, -0.15) is 26.3 Å². The van der Waals surface area contributed by atoms with Crippen molar-refractivity contribution >= 4 is 32.6 Å². The minimum absolute atomic E-state index is 0.0193. The summed E-state index contributed by atoms with van der Waals surface area (Å²) < 4.78 is 107. The minimum Gasteiger partial charge on any atom is -0.478 e. The van der Waals surface area contributed by atoms with Crippen molar-refractivity contribution in [2.45, 2.75) is 17.2 Å². The highest BCUT2D eigenvalue weighted by atomic mass is 32.2. The van der Waals surface area contributed by atoms with Crippen LogP contribution in [-0.2, 0) is 22.4 Å². The van der Waals surface area contributed by atoms with E-state index in [4.69, 9.17) is 0 Å². The van der Waals surface area contributed by atoms with Gasteiger partial charge in [0, 0.05) is 16.6 Å². The molecule has 4 aromatic rings. The molecule has 6 nitrogen and oxygen atoms in total. The van der Waals surface area contributed by atoms with Gasteiger partial charge in [-0.05, 0) is 54.6 Å². The van der Waals surface area contributed by atoms with E-state index < -0.39 is 55.5 Å². The van der Waals surface area contributed by atoms with Crippen LogP contribution in [0.4, 0.5) is 32.0 Å². The van der Waals surface area contributed by atoms with Crippen molar-refractivity contribution in [2.75, 3.05) is 4.72 Å². The standard InChI is InChI=1S/C24H14F6N2O4S/c25-23(26,27)15-9-14(10-16(12-15)24(28,29)30)20-7-5-13-11-17(6-8-19(13)31-20)32-37(35,36)21-4-2-1-3-18(21)22(33)34/h1-12,32H,(H,33,34). The average molecular weight is 540 g/mol. The Labute approximate surface area is 205 Å². The van der Waals surface area contributed by atoms with Crippen LogP contribution in [0.5, 0.6) is 0 Å². The topological polar surface area (TPSA) is 96.4 Å². The summed E-state index contributed by atoms with van der Waals surface area (Å²) in [6, 6.07) is 12.6. The molecular formula is C24H14F6N2O4S. The molecule has 0 aliphatic carbocycles. The summed E-state index contributed by atoms with van der Waals surface area (Å²) in [6.07, 6.45) is -10.0. The Morgan fingerprint density at radius 1 is 0.811 bits per heavy atom. The number of hydrogen-bond acceptors (Lipinski definition) is 4. The molecule has 0 bridgehead atoms. The van der Waals surface area contributed by atoms with Crippen LogP contribution in [-0.4, -0.2) is 24.5 Å². The Kier molecular flexibility index (Phi) is 6.36. The number of carbonyl (C=O) groups is 1. The molecule has 0 unspecified atom stereocenters. The lowest BCUT2D eigenvalue weighted by Gasteiger charge is -2.14. The predicted octanol–water partition coefficient (Wildman–Crippen LogP) is 6.44. The van der Waals surface area contributed by atoms with Gasteiger partial charge in [-0.25, -0.2) is 18.2 Å². The number of sulfonamides is 1. The summed E-state index contributed by atoms with van der Waals surface area (Å²) in [7, 11) is -4.31. The zero-order chi connectivity index (χ0) is 27.2. The number of benzene rings is 3. The first-order valence-corrected chi connectivity index (χ1v) is 11.7. The van der Waals surface area contributed by atoms with Crippen LogP contribution < -0.4 is 4.72 Å². The van der Waals surface area contributed by atoms with E-state index in [1.165, 1.54) is 42.5 Å². The van der Waals surface area contributed by atoms with Crippen LogP contribution in [0.1, 0.15) is 21.5 Å². The maximum Gasteiger partial charge on any atom is 0.416 e. The fraction of sp³-hybridized carbons (Fsp3) is 0.0833. The Bertz CT molecular complexity index is 1600. The van der Waals surface area contributed by atoms with Gasteiger partial charge in [0.25, 0.3) is 10.0 Å². The number of rotatable bonds is 5. The maximum atomic E-state index is 13.2. The average Bonchev–Trinajstić information content (AvgIpc) is 2.82. The number of hydrogen-bond donors (Lipinski definition) is 2. The van der Waals surface area contributed by atoms with Crippen molar-refractivity contribution in [2.24, 2.45) is 0 Å². The van der Waals surface area contributed by atoms with Gasteiger partial charge in [-0.1, -0.05) is 18.2 Å². The molecule has 3 aromatic carbocycles. The molecule has 0 aliphatic heterocycles. The Morgan fingerprint density at radius 2 is 1.43 bits per heavy atom. The van der Waals surface area contributed by atoms with Gasteiger partial charge in [0.15, 0.2) is 0 Å². The largest absolute Gasteiger partial charge is 0.478 e. The van der Waals surface area contributed by atoms with E-state index in [1.54, 1.807) is 0 Å². The Balaban J connectivity index is 1.72. The van der Waals surface area contributed by atoms with Gasteiger partial charge in [0.05, 0.1) is 27.9 Å². The van der Waals surface area contributed by atoms with E-state index in [0.29, 0.717) is 17.5 Å². The molecule has 0 atom stereocenters. The molecule has 0 saturated carbocycles. The minimum atomic E-state index is -5.02. The number of fused-ring (bicyclic) bond motifs is 1. The third-order valence-corrected chi connectivity index (χ3v) is 6.67. The first-order chi connectivity index (χ1) is 17.1. The van der Waals surface area contributed by atoms with Crippen molar-refractivity contribution in [1.82, 2.24) is 4.98 Å². The Hall–Kier alpha value is -4.13. The van der Waals surface area contributed by atoms with Crippen LogP contribution in [0.25, 0.3) is 22.2 Å². The molecule has 1 aromatic heterocycles. The number of aromatic carboxylic acids is 1. The molecule has 1 heterocycles. The van der Waals surface area contributed by atoms with Gasteiger partial charge < -0.3 is 5.11 Å². The molecule has 13 heteroatoms. The van der Waals surface area contributed by atoms with E-state index in [1.807, 2.05) is 0 Å². The van der Waals surface area contributed by atoms with E-state index >= 15 is 0 Å². The fourth-order valence-corrected chi connectivity index (χ4v) is 4.79. The lowest BCUT2D eigenvalue weighted by Crippen LogP contribution is -2.16. The van der Waals surface area contributed by atoms with Crippen LogP contribution >= 0.6 is 0 Å². The molecule has 0 fully saturated rings. The van der Waals surface area contributed by atoms with E-state index in [0.717, 1.165) is 12.1 Å². The number of aromatic nitrogens is 1. The van der Waals surface area contributed by atoms with Crippen LogP contribution in [0, 0.1) is 0 Å². The number of pyridine rings is 1. The molecule has 4 rings (SSSR count). The number of halogens is 6. The van der Waals surface area contributed by atoms with E-state index in [-0.39, 0.29) is 23.0 Å². The van der Waals surface area contributed by atoms with E-state index in [9.17, 15) is 44.7 Å². The van der Waals surface area contributed by atoms with Gasteiger partial charge in [0.1, 0.15) is 4.90 Å². The van der Waals surface area contributed by atoms with Crippen molar-refractivity contribution in [3.05, 3.63) is 89.5 Å². The normalized spacial score (nSPS) is 12.5. The molecule has 192 valence electrons. The van der Waals surface area contributed by atoms with Gasteiger partial charge in [-0.15, -0.1) is 0 Å². The summed E-state index contributed by atoms with van der Waals surface area (Å²) in [5, 5.41) is 9.57.